The zero-order chi connectivity index (χ0) is 31.3. The zero-order valence-electron chi connectivity index (χ0n) is 23.4. The number of hydrogen-bond donors (Lipinski definition) is 1. The Labute approximate surface area is 245 Å². The van der Waals surface area contributed by atoms with E-state index in [-0.39, 0.29) is 16.8 Å². The lowest BCUT2D eigenvalue weighted by Gasteiger charge is -2.34. The minimum atomic E-state index is -4.82. The minimum Gasteiger partial charge on any atom is -0.322 e. The monoisotopic (exact) mass is 603 g/mol. The molecule has 2 aliphatic rings. The zero-order valence-corrected chi connectivity index (χ0v) is 23.4. The van der Waals surface area contributed by atoms with Crippen LogP contribution >= 0.6 is 0 Å². The number of hydrogen-bond acceptors (Lipinski definition) is 5. The molecule has 1 saturated heterocycles. The SMILES string of the molecule is CC1=C(CCCCCCN2CCN(C(=O)Nc3c(F)cccc3F)CC2)C(=O)N(c2ccc(C#N)c(C(F)(F)F)c2)C1=O. The molecular weight excluding hydrogens is 573 g/mol. The number of alkyl halides is 3. The normalized spacial score (nSPS) is 16.2. The molecule has 8 nitrogen and oxygen atoms in total. The van der Waals surface area contributed by atoms with E-state index in [4.69, 9.17) is 5.26 Å². The summed E-state index contributed by atoms with van der Waals surface area (Å²) in [6, 6.07) is 7.05. The summed E-state index contributed by atoms with van der Waals surface area (Å²) in [7, 11) is 0. The smallest absolute Gasteiger partial charge is 0.322 e. The number of anilines is 2. The molecule has 0 aliphatic carbocycles. The molecule has 13 heteroatoms. The van der Waals surface area contributed by atoms with E-state index in [9.17, 15) is 36.3 Å². The first-order valence-electron chi connectivity index (χ1n) is 13.8. The van der Waals surface area contributed by atoms with Crippen molar-refractivity contribution in [1.29, 1.82) is 5.26 Å². The number of nitriles is 1. The standard InChI is InChI=1S/C30H30F5N5O3/c1-19-22(28(42)40(27(19)41)21-11-10-20(18-36)23(17-21)30(33,34)35)7-4-2-3-5-12-38-13-15-39(16-14-38)29(43)37-26-24(31)8-6-9-25(26)32/h6,8-11,17H,2-5,7,12-16H2,1H3,(H,37,43). The van der Waals surface area contributed by atoms with Crippen LogP contribution in [0.5, 0.6) is 0 Å². The molecule has 0 aromatic heterocycles. The second-order valence-corrected chi connectivity index (χ2v) is 10.4. The number of rotatable bonds is 9. The van der Waals surface area contributed by atoms with Crippen LogP contribution in [-0.4, -0.2) is 60.4 Å². The summed E-state index contributed by atoms with van der Waals surface area (Å²) in [5.41, 5.74) is -2.03. The molecule has 0 radical (unpaired) electrons. The molecule has 2 heterocycles. The predicted molar refractivity (Wildman–Crippen MR) is 148 cm³/mol. The molecular formula is C30H30F5N5O3. The number of carbonyl (C=O) groups excluding carboxylic acids is 3. The average Bonchev–Trinajstić information content (AvgIpc) is 3.18. The molecule has 0 unspecified atom stereocenters. The van der Waals surface area contributed by atoms with Crippen LogP contribution in [0.4, 0.5) is 38.1 Å². The summed E-state index contributed by atoms with van der Waals surface area (Å²) in [5, 5.41) is 11.3. The van der Waals surface area contributed by atoms with Crippen molar-refractivity contribution >= 4 is 29.2 Å². The Balaban J connectivity index is 1.19. The van der Waals surface area contributed by atoms with Crippen LogP contribution in [0.1, 0.15) is 50.2 Å². The van der Waals surface area contributed by atoms with Gasteiger partial charge in [-0.2, -0.15) is 18.4 Å². The minimum absolute atomic E-state index is 0.197. The van der Waals surface area contributed by atoms with Crippen molar-refractivity contribution in [2.24, 2.45) is 0 Å². The van der Waals surface area contributed by atoms with E-state index < -0.39 is 52.5 Å². The van der Waals surface area contributed by atoms with Crippen molar-refractivity contribution in [3.8, 4) is 6.07 Å². The number of para-hydroxylation sites is 1. The third-order valence-corrected chi connectivity index (χ3v) is 7.63. The van der Waals surface area contributed by atoms with Gasteiger partial charge in [0.25, 0.3) is 11.8 Å². The number of nitrogens with zero attached hydrogens (tertiary/aromatic N) is 4. The molecule has 1 fully saturated rings. The molecule has 1 N–H and O–H groups in total. The lowest BCUT2D eigenvalue weighted by molar-refractivity contribution is -0.138. The van der Waals surface area contributed by atoms with Crippen LogP contribution in [0.25, 0.3) is 0 Å². The van der Waals surface area contributed by atoms with Crippen LogP contribution in [-0.2, 0) is 15.8 Å². The number of amides is 4. The summed E-state index contributed by atoms with van der Waals surface area (Å²) in [5.74, 6) is -3.01. The summed E-state index contributed by atoms with van der Waals surface area (Å²) >= 11 is 0. The molecule has 0 spiro atoms. The molecule has 0 atom stereocenters. The van der Waals surface area contributed by atoms with Gasteiger partial charge < -0.3 is 10.2 Å². The van der Waals surface area contributed by atoms with Gasteiger partial charge in [0.15, 0.2) is 0 Å². The lowest BCUT2D eigenvalue weighted by atomic mass is 10.0. The molecule has 43 heavy (non-hydrogen) atoms. The highest BCUT2D eigenvalue weighted by Gasteiger charge is 2.39. The number of benzene rings is 2. The van der Waals surface area contributed by atoms with Gasteiger partial charge in [-0.15, -0.1) is 0 Å². The van der Waals surface area contributed by atoms with E-state index >= 15 is 0 Å². The maximum atomic E-state index is 13.8. The van der Waals surface area contributed by atoms with Gasteiger partial charge in [-0.1, -0.05) is 18.9 Å². The first-order valence-corrected chi connectivity index (χ1v) is 13.8. The number of urea groups is 1. The first kappa shape index (κ1) is 31.6. The van der Waals surface area contributed by atoms with Crippen molar-refractivity contribution in [1.82, 2.24) is 9.80 Å². The number of imide groups is 1. The van der Waals surface area contributed by atoms with Crippen LogP contribution in [0.15, 0.2) is 47.5 Å². The maximum absolute atomic E-state index is 13.8. The molecule has 2 aromatic rings. The van der Waals surface area contributed by atoms with Gasteiger partial charge in [-0.3, -0.25) is 14.5 Å². The highest BCUT2D eigenvalue weighted by Crippen LogP contribution is 2.37. The molecule has 0 bridgehead atoms. The van der Waals surface area contributed by atoms with Crippen LogP contribution in [0, 0.1) is 23.0 Å². The van der Waals surface area contributed by atoms with Gasteiger partial charge in [0, 0.05) is 37.3 Å². The van der Waals surface area contributed by atoms with Gasteiger partial charge in [-0.25, -0.2) is 18.5 Å². The fraction of sp³-hybridized carbons (Fsp3) is 0.400. The average molecular weight is 604 g/mol. The summed E-state index contributed by atoms with van der Waals surface area (Å²) in [4.78, 5) is 42.6. The Bertz CT molecular complexity index is 1460. The van der Waals surface area contributed by atoms with Gasteiger partial charge >= 0.3 is 12.2 Å². The molecule has 2 aliphatic heterocycles. The van der Waals surface area contributed by atoms with E-state index in [1.807, 2.05) is 0 Å². The number of carbonyl (C=O) groups is 3. The van der Waals surface area contributed by atoms with E-state index in [0.717, 1.165) is 55.0 Å². The third-order valence-electron chi connectivity index (χ3n) is 7.63. The van der Waals surface area contributed by atoms with Gasteiger partial charge in [0.1, 0.15) is 17.3 Å². The van der Waals surface area contributed by atoms with Crippen molar-refractivity contribution in [2.45, 2.75) is 45.2 Å². The highest BCUT2D eigenvalue weighted by atomic mass is 19.4. The fourth-order valence-electron chi connectivity index (χ4n) is 5.19. The van der Waals surface area contributed by atoms with Gasteiger partial charge in [-0.05, 0) is 63.1 Å². The number of unbranched alkanes of at least 4 members (excludes halogenated alkanes) is 3. The predicted octanol–water partition coefficient (Wildman–Crippen LogP) is 5.85. The topological polar surface area (TPSA) is 96.8 Å². The van der Waals surface area contributed by atoms with E-state index in [2.05, 4.69) is 10.2 Å². The Morgan fingerprint density at radius 1 is 0.953 bits per heavy atom. The molecule has 228 valence electrons. The quantitative estimate of drug-likeness (QED) is 0.221. The Morgan fingerprint density at radius 2 is 1.60 bits per heavy atom. The second-order valence-electron chi connectivity index (χ2n) is 10.4. The lowest BCUT2D eigenvalue weighted by Crippen LogP contribution is -2.50. The van der Waals surface area contributed by atoms with Crippen LogP contribution in [0.2, 0.25) is 0 Å². The molecule has 4 amide bonds. The second kappa shape index (κ2) is 13.3. The van der Waals surface area contributed by atoms with Crippen molar-refractivity contribution in [2.75, 3.05) is 42.9 Å². The number of halogens is 5. The van der Waals surface area contributed by atoms with Gasteiger partial charge in [0.05, 0.1) is 22.9 Å². The van der Waals surface area contributed by atoms with E-state index in [1.165, 1.54) is 24.0 Å². The summed E-state index contributed by atoms with van der Waals surface area (Å²) in [6.07, 6.45) is -1.42. The van der Waals surface area contributed by atoms with Crippen molar-refractivity contribution < 1.29 is 36.3 Å². The molecule has 4 rings (SSSR count). The van der Waals surface area contributed by atoms with Crippen molar-refractivity contribution in [3.05, 3.63) is 70.3 Å². The Kier molecular flexibility index (Phi) is 9.80. The maximum Gasteiger partial charge on any atom is 0.417 e. The fourth-order valence-corrected chi connectivity index (χ4v) is 5.19. The third kappa shape index (κ3) is 7.19. The first-order chi connectivity index (χ1) is 20.4. The Morgan fingerprint density at radius 3 is 2.23 bits per heavy atom. The molecule has 0 saturated carbocycles. The van der Waals surface area contributed by atoms with Crippen LogP contribution in [0.3, 0.4) is 0 Å². The summed E-state index contributed by atoms with van der Waals surface area (Å²) < 4.78 is 67.8. The van der Waals surface area contributed by atoms with Crippen molar-refractivity contribution in [3.63, 3.8) is 0 Å². The van der Waals surface area contributed by atoms with Gasteiger partial charge in [0.2, 0.25) is 0 Å². The van der Waals surface area contributed by atoms with E-state index in [0.29, 0.717) is 45.1 Å². The molecule has 2 aromatic carbocycles. The largest absolute Gasteiger partial charge is 0.417 e. The number of nitrogens with one attached hydrogen (secondary N) is 1. The summed E-state index contributed by atoms with van der Waals surface area (Å²) in [6.45, 7) is 4.30. The highest BCUT2D eigenvalue weighted by molar-refractivity contribution is 6.32. The Hall–Kier alpha value is -4.31. The van der Waals surface area contributed by atoms with Crippen LogP contribution < -0.4 is 10.2 Å². The van der Waals surface area contributed by atoms with E-state index in [1.54, 1.807) is 0 Å². The number of piperazine rings is 1.